The molecule has 3 aromatic rings. The Bertz CT molecular complexity index is 777. The van der Waals surface area contributed by atoms with Crippen molar-refractivity contribution in [3.8, 4) is 0 Å². The molecule has 4 rings (SSSR count). The lowest BCUT2D eigenvalue weighted by Crippen LogP contribution is -2.32. The molecule has 0 saturated heterocycles. The summed E-state index contributed by atoms with van der Waals surface area (Å²) in [4.78, 5) is 4.77. The standard InChI is InChI=1S/C21H20N2/c1-16(2)22-18-12-6-8-14-20(18)23(17-10-4-3-5-11-17)21-15-9-7-13-19(21)22/h3-16H,1-2H3. The Balaban J connectivity index is 2.01. The van der Waals surface area contributed by atoms with Crippen molar-refractivity contribution >= 4 is 28.4 Å². The van der Waals surface area contributed by atoms with E-state index in [1.807, 2.05) is 0 Å². The van der Waals surface area contributed by atoms with Gasteiger partial charge in [-0.3, -0.25) is 0 Å². The molecule has 0 aliphatic carbocycles. The largest absolute Gasteiger partial charge is 0.336 e. The van der Waals surface area contributed by atoms with Crippen molar-refractivity contribution < 1.29 is 0 Å². The van der Waals surface area contributed by atoms with Crippen molar-refractivity contribution in [1.29, 1.82) is 0 Å². The first-order valence-corrected chi connectivity index (χ1v) is 8.10. The first-order valence-electron chi connectivity index (χ1n) is 8.10. The Hall–Kier alpha value is -2.74. The van der Waals surface area contributed by atoms with Crippen molar-refractivity contribution in [1.82, 2.24) is 0 Å². The van der Waals surface area contributed by atoms with Crippen LogP contribution in [0.3, 0.4) is 0 Å². The van der Waals surface area contributed by atoms with E-state index in [0.717, 1.165) is 0 Å². The molecule has 2 heteroatoms. The van der Waals surface area contributed by atoms with Crippen LogP contribution in [0.5, 0.6) is 0 Å². The lowest BCUT2D eigenvalue weighted by Gasteiger charge is -2.42. The van der Waals surface area contributed by atoms with Crippen molar-refractivity contribution in [3.05, 3.63) is 78.9 Å². The van der Waals surface area contributed by atoms with Gasteiger partial charge in [0, 0.05) is 11.7 Å². The van der Waals surface area contributed by atoms with E-state index in [9.17, 15) is 0 Å². The Labute approximate surface area is 137 Å². The van der Waals surface area contributed by atoms with Crippen LogP contribution in [-0.2, 0) is 0 Å². The minimum Gasteiger partial charge on any atom is -0.336 e. The fourth-order valence-electron chi connectivity index (χ4n) is 3.39. The zero-order chi connectivity index (χ0) is 15.8. The monoisotopic (exact) mass is 300 g/mol. The number of fused-ring (bicyclic) bond motifs is 2. The number of benzene rings is 3. The average Bonchev–Trinajstić information content (AvgIpc) is 2.59. The maximum atomic E-state index is 2.42. The van der Waals surface area contributed by atoms with E-state index in [4.69, 9.17) is 0 Å². The third-order valence-corrected chi connectivity index (χ3v) is 4.30. The fourth-order valence-corrected chi connectivity index (χ4v) is 3.39. The minimum atomic E-state index is 0.398. The van der Waals surface area contributed by atoms with Gasteiger partial charge >= 0.3 is 0 Å². The lowest BCUT2D eigenvalue weighted by atomic mass is 10.0. The third kappa shape index (κ3) is 2.18. The molecular formula is C21H20N2. The van der Waals surface area contributed by atoms with Crippen LogP contribution < -0.4 is 9.80 Å². The van der Waals surface area contributed by atoms with E-state index in [1.54, 1.807) is 0 Å². The zero-order valence-corrected chi connectivity index (χ0v) is 13.5. The molecule has 0 spiro atoms. The molecule has 0 aromatic heterocycles. The fraction of sp³-hybridized carbons (Fsp3) is 0.143. The average molecular weight is 300 g/mol. The lowest BCUT2D eigenvalue weighted by molar-refractivity contribution is 0.783. The van der Waals surface area contributed by atoms with Crippen LogP contribution in [-0.4, -0.2) is 6.04 Å². The smallest absolute Gasteiger partial charge is 0.0699 e. The van der Waals surface area contributed by atoms with E-state index in [1.165, 1.54) is 28.4 Å². The summed E-state index contributed by atoms with van der Waals surface area (Å²) < 4.78 is 0. The molecule has 0 unspecified atom stereocenters. The topological polar surface area (TPSA) is 6.48 Å². The van der Waals surface area contributed by atoms with Crippen LogP contribution in [0.2, 0.25) is 0 Å². The second-order valence-corrected chi connectivity index (χ2v) is 6.11. The van der Waals surface area contributed by atoms with E-state index in [0.29, 0.717) is 6.04 Å². The van der Waals surface area contributed by atoms with Gasteiger partial charge in [0.05, 0.1) is 22.7 Å². The molecule has 3 aromatic carbocycles. The van der Waals surface area contributed by atoms with Gasteiger partial charge in [-0.05, 0) is 50.2 Å². The summed E-state index contributed by atoms with van der Waals surface area (Å²) in [5.41, 5.74) is 6.16. The molecule has 1 heterocycles. The molecule has 0 amide bonds. The first-order chi connectivity index (χ1) is 11.3. The Morgan fingerprint density at radius 3 is 1.48 bits per heavy atom. The van der Waals surface area contributed by atoms with Gasteiger partial charge in [-0.1, -0.05) is 42.5 Å². The summed E-state index contributed by atoms with van der Waals surface area (Å²) >= 11 is 0. The van der Waals surface area contributed by atoms with Gasteiger partial charge in [-0.15, -0.1) is 0 Å². The van der Waals surface area contributed by atoms with Crippen molar-refractivity contribution in [2.24, 2.45) is 0 Å². The number of nitrogens with zero attached hydrogens (tertiary/aromatic N) is 2. The van der Waals surface area contributed by atoms with Crippen molar-refractivity contribution in [2.75, 3.05) is 9.80 Å². The van der Waals surface area contributed by atoms with Gasteiger partial charge in [0.1, 0.15) is 0 Å². The van der Waals surface area contributed by atoms with Gasteiger partial charge in [0.25, 0.3) is 0 Å². The van der Waals surface area contributed by atoms with Gasteiger partial charge < -0.3 is 9.80 Å². The van der Waals surface area contributed by atoms with Crippen molar-refractivity contribution in [3.63, 3.8) is 0 Å². The van der Waals surface area contributed by atoms with Crippen LogP contribution in [0.1, 0.15) is 13.8 Å². The van der Waals surface area contributed by atoms with Crippen LogP contribution >= 0.6 is 0 Å². The molecular weight excluding hydrogens is 280 g/mol. The molecule has 0 fully saturated rings. The van der Waals surface area contributed by atoms with Crippen LogP contribution in [0, 0.1) is 0 Å². The van der Waals surface area contributed by atoms with Crippen molar-refractivity contribution in [2.45, 2.75) is 19.9 Å². The normalized spacial score (nSPS) is 13.0. The van der Waals surface area contributed by atoms with Gasteiger partial charge in [-0.25, -0.2) is 0 Å². The predicted molar refractivity (Wildman–Crippen MR) is 98.4 cm³/mol. The Morgan fingerprint density at radius 2 is 1.00 bits per heavy atom. The number of rotatable bonds is 2. The zero-order valence-electron chi connectivity index (χ0n) is 13.5. The summed E-state index contributed by atoms with van der Waals surface area (Å²) in [6.45, 7) is 4.48. The second kappa shape index (κ2) is 5.47. The highest BCUT2D eigenvalue weighted by molar-refractivity contribution is 5.97. The van der Waals surface area contributed by atoms with Gasteiger partial charge in [0.15, 0.2) is 0 Å². The summed E-state index contributed by atoms with van der Waals surface area (Å²) in [5, 5.41) is 0. The molecule has 2 nitrogen and oxygen atoms in total. The van der Waals surface area contributed by atoms with E-state index in [2.05, 4.69) is 103 Å². The van der Waals surface area contributed by atoms with E-state index < -0.39 is 0 Å². The summed E-state index contributed by atoms with van der Waals surface area (Å²) in [7, 11) is 0. The highest BCUT2D eigenvalue weighted by Crippen LogP contribution is 2.51. The first kappa shape index (κ1) is 13.9. The summed E-state index contributed by atoms with van der Waals surface area (Å²) in [6.07, 6.45) is 0. The number of anilines is 5. The highest BCUT2D eigenvalue weighted by atomic mass is 15.3. The molecule has 0 N–H and O–H groups in total. The maximum Gasteiger partial charge on any atom is 0.0699 e. The SMILES string of the molecule is CC(C)N1c2ccccc2N(c2ccccc2)c2ccccc21. The van der Waals surface area contributed by atoms with Gasteiger partial charge in [0.2, 0.25) is 0 Å². The molecule has 0 radical (unpaired) electrons. The second-order valence-electron chi connectivity index (χ2n) is 6.11. The van der Waals surface area contributed by atoms with Gasteiger partial charge in [-0.2, -0.15) is 0 Å². The number of hydrogen-bond donors (Lipinski definition) is 0. The van der Waals surface area contributed by atoms with Crippen LogP contribution in [0.25, 0.3) is 0 Å². The molecule has 1 aliphatic rings. The summed E-state index contributed by atoms with van der Waals surface area (Å²) in [5.74, 6) is 0. The maximum absolute atomic E-state index is 2.42. The molecule has 114 valence electrons. The minimum absolute atomic E-state index is 0.398. The quantitative estimate of drug-likeness (QED) is 0.571. The van der Waals surface area contributed by atoms with E-state index >= 15 is 0 Å². The molecule has 0 saturated carbocycles. The Morgan fingerprint density at radius 1 is 0.565 bits per heavy atom. The third-order valence-electron chi connectivity index (χ3n) is 4.30. The Kier molecular flexibility index (Phi) is 3.30. The van der Waals surface area contributed by atoms with E-state index in [-0.39, 0.29) is 0 Å². The van der Waals surface area contributed by atoms with Crippen LogP contribution in [0.4, 0.5) is 28.4 Å². The molecule has 23 heavy (non-hydrogen) atoms. The molecule has 0 bridgehead atoms. The number of hydrogen-bond acceptors (Lipinski definition) is 2. The predicted octanol–water partition coefficient (Wildman–Crippen LogP) is 6.02. The molecule has 0 atom stereocenters. The number of para-hydroxylation sites is 5. The summed E-state index contributed by atoms with van der Waals surface area (Å²) in [6, 6.07) is 28.3. The highest BCUT2D eigenvalue weighted by Gasteiger charge is 2.29. The van der Waals surface area contributed by atoms with Crippen LogP contribution in [0.15, 0.2) is 78.9 Å². The molecule has 1 aliphatic heterocycles.